The van der Waals surface area contributed by atoms with Gasteiger partial charge in [-0.15, -0.1) is 0 Å². The fourth-order valence-corrected chi connectivity index (χ4v) is 14.2. The first-order valence-electron chi connectivity index (χ1n) is 13.6. The van der Waals surface area contributed by atoms with Crippen LogP contribution in [-0.2, 0) is 22.7 Å². The summed E-state index contributed by atoms with van der Waals surface area (Å²) in [6.07, 6.45) is 2.17. The van der Waals surface area contributed by atoms with E-state index in [4.69, 9.17) is 4.43 Å². The number of rotatable bonds is 7. The van der Waals surface area contributed by atoms with Gasteiger partial charge in [0.2, 0.25) is 0 Å². The van der Waals surface area contributed by atoms with Crippen molar-refractivity contribution in [2.45, 2.75) is 90.0 Å². The highest BCUT2D eigenvalue weighted by atomic mass is 28.4. The Labute approximate surface area is 207 Å². The molecule has 1 aromatic heterocycles. The molecule has 4 bridgehead atoms. The molecule has 2 unspecified atom stereocenters. The molecule has 3 saturated heterocycles. The lowest BCUT2D eigenvalue weighted by atomic mass is 9.61. The van der Waals surface area contributed by atoms with E-state index in [1.54, 1.807) is 5.56 Å². The minimum Gasteiger partial charge on any atom is -0.416 e. The summed E-state index contributed by atoms with van der Waals surface area (Å²) in [6, 6.07) is 9.82. The van der Waals surface area contributed by atoms with Gasteiger partial charge in [0.25, 0.3) is 0 Å². The maximum Gasteiger partial charge on any atom is 0.200 e. The number of benzene rings is 1. The molecule has 4 aliphatic rings. The largest absolute Gasteiger partial charge is 0.416 e. The summed E-state index contributed by atoms with van der Waals surface area (Å²) in [4.78, 5) is 15.5. The van der Waals surface area contributed by atoms with E-state index in [0.29, 0.717) is 46.3 Å². The first-order valence-corrected chi connectivity index (χ1v) is 15.7. The molecule has 186 valence electrons. The Kier molecular flexibility index (Phi) is 6.14. The number of nitrogens with zero attached hydrogens (tertiary/aromatic N) is 2. The molecule has 5 heterocycles. The number of hydrogen-bond acceptors (Lipinski definition) is 3. The summed E-state index contributed by atoms with van der Waals surface area (Å²) in [5, 5.41) is 1.42. The molecule has 5 heteroatoms. The Morgan fingerprint density at radius 3 is 2.35 bits per heavy atom. The summed E-state index contributed by atoms with van der Waals surface area (Å²) < 4.78 is 9.64. The summed E-state index contributed by atoms with van der Waals surface area (Å²) in [5.41, 5.74) is 6.15. The third-order valence-corrected chi connectivity index (χ3v) is 16.1. The van der Waals surface area contributed by atoms with Crippen LogP contribution in [0.15, 0.2) is 24.3 Å². The Morgan fingerprint density at radius 2 is 1.74 bits per heavy atom. The highest BCUT2D eigenvalue weighted by molar-refractivity contribution is 6.77. The summed E-state index contributed by atoms with van der Waals surface area (Å²) in [7, 11) is 0.289. The Balaban J connectivity index is 1.54. The molecular formula is C29H44N2O2Si. The van der Waals surface area contributed by atoms with Crippen LogP contribution >= 0.6 is 0 Å². The number of fused-ring (bicyclic) bond motifs is 4. The highest BCUT2D eigenvalue weighted by Crippen LogP contribution is 2.55. The lowest BCUT2D eigenvalue weighted by Gasteiger charge is -2.60. The molecule has 6 rings (SSSR count). The van der Waals surface area contributed by atoms with E-state index >= 15 is 0 Å². The second kappa shape index (κ2) is 8.60. The molecule has 0 amide bonds. The van der Waals surface area contributed by atoms with Crippen LogP contribution in [0.2, 0.25) is 16.6 Å². The molecule has 4 nitrogen and oxygen atoms in total. The number of carbonyl (C=O) groups excluding carboxylic acids is 1. The lowest BCUT2D eigenvalue weighted by Crippen LogP contribution is -2.65. The van der Waals surface area contributed by atoms with Crippen LogP contribution in [0.3, 0.4) is 0 Å². The van der Waals surface area contributed by atoms with E-state index in [-0.39, 0.29) is 5.92 Å². The number of hydrogen-bond donors (Lipinski definition) is 0. The Bertz CT molecular complexity index is 1070. The van der Waals surface area contributed by atoms with E-state index < -0.39 is 8.32 Å². The van der Waals surface area contributed by atoms with Gasteiger partial charge in [-0.1, -0.05) is 59.7 Å². The second-order valence-electron chi connectivity index (χ2n) is 12.3. The standard InChI is InChI=1S/C29H44N2O2Si/c1-17(2)34(18(3)4,19(5)6)33-16-25-22-13-28-29-23(21-11-9-10-12-26(21)30(29)8)14-27(25)31(28)15-24(22)20(7)32/h9-12,17-19,22,24-25,27-28H,13-16H2,1-8H3/t22-,24?,25-,27-,28-/m1/s1. The molecule has 2 aromatic rings. The van der Waals surface area contributed by atoms with Crippen LogP contribution in [0.5, 0.6) is 0 Å². The van der Waals surface area contributed by atoms with Crippen molar-refractivity contribution >= 4 is 25.0 Å². The number of carbonyl (C=O) groups is 1. The van der Waals surface area contributed by atoms with Crippen molar-refractivity contribution in [2.24, 2.45) is 24.8 Å². The van der Waals surface area contributed by atoms with Crippen molar-refractivity contribution in [3.8, 4) is 0 Å². The quantitative estimate of drug-likeness (QED) is 0.425. The van der Waals surface area contributed by atoms with Gasteiger partial charge < -0.3 is 8.99 Å². The Hall–Kier alpha value is -1.43. The van der Waals surface area contributed by atoms with Gasteiger partial charge in [0.15, 0.2) is 8.32 Å². The molecule has 0 aliphatic carbocycles. The zero-order chi connectivity index (χ0) is 24.5. The number of piperidine rings is 3. The van der Waals surface area contributed by atoms with Gasteiger partial charge in [0.05, 0.1) is 6.04 Å². The van der Waals surface area contributed by atoms with Gasteiger partial charge in [0, 0.05) is 54.7 Å². The molecule has 0 N–H and O–H groups in total. The number of para-hydroxylation sites is 1. The van der Waals surface area contributed by atoms with Crippen LogP contribution in [0.1, 0.15) is 72.2 Å². The normalized spacial score (nSPS) is 30.6. The third kappa shape index (κ3) is 3.33. The fourth-order valence-electron chi connectivity index (χ4n) is 8.70. The van der Waals surface area contributed by atoms with Crippen LogP contribution in [0, 0.1) is 17.8 Å². The van der Waals surface area contributed by atoms with Gasteiger partial charge in [-0.25, -0.2) is 0 Å². The van der Waals surface area contributed by atoms with E-state index in [2.05, 4.69) is 82.3 Å². The zero-order valence-corrected chi connectivity index (χ0v) is 23.5. The van der Waals surface area contributed by atoms with E-state index in [9.17, 15) is 4.79 Å². The molecule has 6 atom stereocenters. The van der Waals surface area contributed by atoms with Crippen LogP contribution in [0.4, 0.5) is 0 Å². The molecular weight excluding hydrogens is 436 g/mol. The van der Waals surface area contributed by atoms with Gasteiger partial charge in [0.1, 0.15) is 5.78 Å². The van der Waals surface area contributed by atoms with Crippen LogP contribution in [-0.4, -0.2) is 42.8 Å². The van der Waals surface area contributed by atoms with E-state index in [1.807, 2.05) is 6.92 Å². The number of ketones is 1. The van der Waals surface area contributed by atoms with Crippen molar-refractivity contribution in [1.29, 1.82) is 0 Å². The summed E-state index contributed by atoms with van der Waals surface area (Å²) in [5.74, 6) is 1.40. The minimum atomic E-state index is -1.95. The third-order valence-electron chi connectivity index (χ3n) is 10.0. The van der Waals surface area contributed by atoms with E-state index in [0.717, 1.165) is 26.0 Å². The number of Topliss-reactive ketones (excluding diaryl/α,β-unsaturated/α-hetero) is 1. The molecule has 34 heavy (non-hydrogen) atoms. The SMILES string of the molecule is CC(=O)C1CN2[C@@H]3C[C@H]1[C@@H](CO[Si](C(C)C)(C(C)C)C(C)C)[C@H]2Cc1c3n(C)c2ccccc12. The van der Waals surface area contributed by atoms with Crippen molar-refractivity contribution in [3.63, 3.8) is 0 Å². The lowest BCUT2D eigenvalue weighted by molar-refractivity contribution is -0.144. The number of aromatic nitrogens is 1. The monoisotopic (exact) mass is 480 g/mol. The van der Waals surface area contributed by atoms with Gasteiger partial charge in [-0.05, 0) is 53.9 Å². The average Bonchev–Trinajstić information content (AvgIpc) is 3.06. The average molecular weight is 481 g/mol. The molecule has 0 spiro atoms. The molecule has 3 fully saturated rings. The topological polar surface area (TPSA) is 34.5 Å². The molecule has 0 radical (unpaired) electrons. The smallest absolute Gasteiger partial charge is 0.200 e. The summed E-state index contributed by atoms with van der Waals surface area (Å²) in [6.45, 7) is 17.8. The van der Waals surface area contributed by atoms with Crippen molar-refractivity contribution in [2.75, 3.05) is 13.2 Å². The predicted octanol–water partition coefficient (Wildman–Crippen LogP) is 6.49. The summed E-state index contributed by atoms with van der Waals surface area (Å²) >= 11 is 0. The predicted molar refractivity (Wildman–Crippen MR) is 143 cm³/mol. The maximum absolute atomic E-state index is 12.8. The number of aryl methyl sites for hydroxylation is 1. The zero-order valence-electron chi connectivity index (χ0n) is 22.5. The fraction of sp³-hybridized carbons (Fsp3) is 0.690. The van der Waals surface area contributed by atoms with Gasteiger partial charge >= 0.3 is 0 Å². The Morgan fingerprint density at radius 1 is 1.09 bits per heavy atom. The first-order chi connectivity index (χ1) is 16.1. The first kappa shape index (κ1) is 24.3. The van der Waals surface area contributed by atoms with Crippen LogP contribution < -0.4 is 0 Å². The molecule has 1 aromatic carbocycles. The van der Waals surface area contributed by atoms with Gasteiger partial charge in [-0.3, -0.25) is 9.69 Å². The maximum atomic E-state index is 12.8. The van der Waals surface area contributed by atoms with Crippen molar-refractivity contribution in [3.05, 3.63) is 35.5 Å². The molecule has 4 aliphatic heterocycles. The van der Waals surface area contributed by atoms with Crippen molar-refractivity contribution in [1.82, 2.24) is 9.47 Å². The van der Waals surface area contributed by atoms with E-state index in [1.165, 1.54) is 16.6 Å². The highest BCUT2D eigenvalue weighted by Gasteiger charge is 2.57. The molecule has 0 saturated carbocycles. The van der Waals surface area contributed by atoms with Crippen molar-refractivity contribution < 1.29 is 9.22 Å². The minimum absolute atomic E-state index is 0.158. The van der Waals surface area contributed by atoms with Gasteiger partial charge in [-0.2, -0.15) is 0 Å². The van der Waals surface area contributed by atoms with Crippen LogP contribution in [0.25, 0.3) is 10.9 Å². The second-order valence-corrected chi connectivity index (χ2v) is 17.8.